The second kappa shape index (κ2) is 5.07. The molecule has 0 N–H and O–H groups in total. The first-order valence-corrected chi connectivity index (χ1v) is 6.72. The average Bonchev–Trinajstić information content (AvgIpc) is 3.19. The molecule has 0 saturated heterocycles. The van der Waals surface area contributed by atoms with Gasteiger partial charge in [-0.25, -0.2) is 9.18 Å². The molecule has 3 rings (SSSR count). The van der Waals surface area contributed by atoms with Gasteiger partial charge in [-0.05, 0) is 38.0 Å². The van der Waals surface area contributed by atoms with Crippen molar-refractivity contribution >= 4 is 5.97 Å². The number of carbonyl (C=O) groups is 1. The van der Waals surface area contributed by atoms with E-state index in [1.165, 1.54) is 6.07 Å². The summed E-state index contributed by atoms with van der Waals surface area (Å²) >= 11 is 0. The van der Waals surface area contributed by atoms with Crippen LogP contribution in [0.4, 0.5) is 4.39 Å². The lowest BCUT2D eigenvalue weighted by Gasteiger charge is -2.04. The van der Waals surface area contributed by atoms with Crippen molar-refractivity contribution in [2.45, 2.75) is 25.8 Å². The van der Waals surface area contributed by atoms with E-state index in [1.54, 1.807) is 35.9 Å². The number of nitrogens with zero attached hydrogens (tertiary/aromatic N) is 2. The molecular weight excluding hydrogens is 259 g/mol. The number of ether oxygens (including phenoxy) is 1. The maximum atomic E-state index is 13.8. The Labute approximate surface area is 116 Å². The van der Waals surface area contributed by atoms with Crippen molar-refractivity contribution in [3.05, 3.63) is 41.8 Å². The maximum absolute atomic E-state index is 13.8. The van der Waals surface area contributed by atoms with E-state index < -0.39 is 5.97 Å². The van der Waals surface area contributed by atoms with Crippen LogP contribution in [0.1, 0.15) is 36.3 Å². The molecule has 0 atom stereocenters. The molecule has 0 radical (unpaired) electrons. The number of esters is 1. The van der Waals surface area contributed by atoms with Crippen molar-refractivity contribution in [2.24, 2.45) is 0 Å². The Morgan fingerprint density at radius 3 is 2.85 bits per heavy atom. The summed E-state index contributed by atoms with van der Waals surface area (Å²) in [7, 11) is 0. The number of benzene rings is 1. The van der Waals surface area contributed by atoms with Crippen LogP contribution in [0.5, 0.6) is 0 Å². The zero-order valence-electron chi connectivity index (χ0n) is 11.2. The molecule has 2 aromatic rings. The molecular formula is C15H15FN2O2. The normalized spacial score (nSPS) is 14.3. The number of aromatic nitrogens is 2. The summed E-state index contributed by atoms with van der Waals surface area (Å²) < 4.78 is 20.5. The van der Waals surface area contributed by atoms with Gasteiger partial charge in [-0.2, -0.15) is 5.10 Å². The van der Waals surface area contributed by atoms with Gasteiger partial charge < -0.3 is 4.74 Å². The predicted octanol–water partition coefficient (Wildman–Crippen LogP) is 3.20. The Morgan fingerprint density at radius 1 is 1.45 bits per heavy atom. The van der Waals surface area contributed by atoms with Crippen molar-refractivity contribution in [1.29, 1.82) is 0 Å². The molecule has 1 heterocycles. The minimum atomic E-state index is -0.408. The summed E-state index contributed by atoms with van der Waals surface area (Å²) in [6, 6.07) is 8.25. The molecule has 0 amide bonds. The summed E-state index contributed by atoms with van der Waals surface area (Å²) in [5.41, 5.74) is 1.27. The van der Waals surface area contributed by atoms with E-state index in [-0.39, 0.29) is 11.9 Å². The minimum absolute atomic E-state index is 0.231. The molecule has 5 heteroatoms. The summed E-state index contributed by atoms with van der Waals surface area (Å²) in [6.45, 7) is 2.07. The van der Waals surface area contributed by atoms with E-state index in [9.17, 15) is 9.18 Å². The Bertz CT molecular complexity index is 647. The molecule has 20 heavy (non-hydrogen) atoms. The SMILES string of the molecule is CCOC(=O)c1cc(-c2ccccc2F)nn1C1CC1. The van der Waals surface area contributed by atoms with E-state index in [0.717, 1.165) is 12.8 Å². The van der Waals surface area contributed by atoms with E-state index in [4.69, 9.17) is 4.74 Å². The Hall–Kier alpha value is -2.17. The summed E-state index contributed by atoms with van der Waals surface area (Å²) in [5.74, 6) is -0.752. The number of carbonyl (C=O) groups excluding carboxylic acids is 1. The third kappa shape index (κ3) is 2.31. The molecule has 1 saturated carbocycles. The van der Waals surface area contributed by atoms with Crippen LogP contribution in [0.3, 0.4) is 0 Å². The molecule has 1 aromatic carbocycles. The van der Waals surface area contributed by atoms with E-state index in [1.807, 2.05) is 0 Å². The molecule has 0 spiro atoms. The lowest BCUT2D eigenvalue weighted by Crippen LogP contribution is -2.12. The molecule has 4 nitrogen and oxygen atoms in total. The van der Waals surface area contributed by atoms with Crippen molar-refractivity contribution in [1.82, 2.24) is 9.78 Å². The number of hydrogen-bond donors (Lipinski definition) is 0. The van der Waals surface area contributed by atoms with Gasteiger partial charge in [0.2, 0.25) is 0 Å². The maximum Gasteiger partial charge on any atom is 0.356 e. The topological polar surface area (TPSA) is 44.1 Å². The quantitative estimate of drug-likeness (QED) is 0.804. The molecule has 0 aliphatic heterocycles. The highest BCUT2D eigenvalue weighted by Crippen LogP contribution is 2.37. The fourth-order valence-electron chi connectivity index (χ4n) is 2.15. The van der Waals surface area contributed by atoms with Gasteiger partial charge in [-0.3, -0.25) is 4.68 Å². The molecule has 0 unspecified atom stereocenters. The third-order valence-corrected chi connectivity index (χ3v) is 3.26. The molecule has 1 fully saturated rings. The van der Waals surface area contributed by atoms with Crippen molar-refractivity contribution in [3.8, 4) is 11.3 Å². The standard InChI is InChI=1S/C15H15FN2O2/c1-2-20-15(19)14-9-13(17-18(14)10-7-8-10)11-5-3-4-6-12(11)16/h3-6,9-10H,2,7-8H2,1H3. The van der Waals surface area contributed by atoms with Crippen molar-refractivity contribution in [2.75, 3.05) is 6.61 Å². The lowest BCUT2D eigenvalue weighted by atomic mass is 10.1. The van der Waals surface area contributed by atoms with Gasteiger partial charge >= 0.3 is 5.97 Å². The first kappa shape index (κ1) is 12.8. The zero-order valence-corrected chi connectivity index (χ0v) is 11.2. The average molecular weight is 274 g/mol. The fraction of sp³-hybridized carbons (Fsp3) is 0.333. The van der Waals surface area contributed by atoms with Gasteiger partial charge in [0.15, 0.2) is 0 Å². The van der Waals surface area contributed by atoms with Gasteiger partial charge in [-0.1, -0.05) is 12.1 Å². The minimum Gasteiger partial charge on any atom is -0.461 e. The Balaban J connectivity index is 2.03. The van der Waals surface area contributed by atoms with Crippen LogP contribution in [0.2, 0.25) is 0 Å². The second-order valence-corrected chi connectivity index (χ2v) is 4.79. The molecule has 0 bridgehead atoms. The van der Waals surface area contributed by atoms with Crippen LogP contribution in [0.25, 0.3) is 11.3 Å². The molecule has 1 aromatic heterocycles. The first-order chi connectivity index (χ1) is 9.70. The van der Waals surface area contributed by atoms with Gasteiger partial charge in [0.1, 0.15) is 11.5 Å². The van der Waals surface area contributed by atoms with E-state index >= 15 is 0 Å². The largest absolute Gasteiger partial charge is 0.461 e. The summed E-state index contributed by atoms with van der Waals surface area (Å²) in [4.78, 5) is 12.0. The van der Waals surface area contributed by atoms with E-state index in [0.29, 0.717) is 23.6 Å². The Morgan fingerprint density at radius 2 is 2.20 bits per heavy atom. The monoisotopic (exact) mass is 274 g/mol. The smallest absolute Gasteiger partial charge is 0.356 e. The predicted molar refractivity (Wildman–Crippen MR) is 71.8 cm³/mol. The summed E-state index contributed by atoms with van der Waals surface area (Å²) in [6.07, 6.45) is 1.98. The lowest BCUT2D eigenvalue weighted by molar-refractivity contribution is 0.0511. The third-order valence-electron chi connectivity index (χ3n) is 3.26. The number of hydrogen-bond acceptors (Lipinski definition) is 3. The van der Waals surface area contributed by atoms with E-state index in [2.05, 4.69) is 5.10 Å². The van der Waals surface area contributed by atoms with Crippen LogP contribution >= 0.6 is 0 Å². The highest BCUT2D eigenvalue weighted by atomic mass is 19.1. The molecule has 1 aliphatic carbocycles. The van der Waals surface area contributed by atoms with Crippen molar-refractivity contribution in [3.63, 3.8) is 0 Å². The second-order valence-electron chi connectivity index (χ2n) is 4.79. The zero-order chi connectivity index (χ0) is 14.1. The molecule has 1 aliphatic rings. The number of rotatable bonds is 4. The van der Waals surface area contributed by atoms with Crippen LogP contribution in [-0.2, 0) is 4.74 Å². The van der Waals surface area contributed by atoms with Gasteiger partial charge in [0.25, 0.3) is 0 Å². The molecule has 104 valence electrons. The van der Waals surface area contributed by atoms with Gasteiger partial charge in [0.05, 0.1) is 18.3 Å². The van der Waals surface area contributed by atoms with Crippen LogP contribution < -0.4 is 0 Å². The Kier molecular flexibility index (Phi) is 3.26. The van der Waals surface area contributed by atoms with Gasteiger partial charge in [-0.15, -0.1) is 0 Å². The highest BCUT2D eigenvalue weighted by Gasteiger charge is 2.30. The van der Waals surface area contributed by atoms with Crippen LogP contribution in [0, 0.1) is 5.82 Å². The number of halogens is 1. The van der Waals surface area contributed by atoms with Gasteiger partial charge in [0, 0.05) is 5.56 Å². The fourth-order valence-corrected chi connectivity index (χ4v) is 2.15. The summed E-state index contributed by atoms with van der Waals surface area (Å²) in [5, 5.41) is 4.38. The van der Waals surface area contributed by atoms with Crippen LogP contribution in [-0.4, -0.2) is 22.4 Å². The first-order valence-electron chi connectivity index (χ1n) is 6.72. The van der Waals surface area contributed by atoms with Crippen molar-refractivity contribution < 1.29 is 13.9 Å². The van der Waals surface area contributed by atoms with Crippen LogP contribution in [0.15, 0.2) is 30.3 Å². The highest BCUT2D eigenvalue weighted by molar-refractivity contribution is 5.89.